The SMILES string of the molecule is CC1(CCOc2nc(OCCC3(C)CO3)nc(OCCC3(C)CO3)n2)CO1. The highest BCUT2D eigenvalue weighted by Crippen LogP contribution is 2.31. The van der Waals surface area contributed by atoms with E-state index in [0.29, 0.717) is 19.8 Å². The van der Waals surface area contributed by atoms with Gasteiger partial charge in [-0.3, -0.25) is 0 Å². The summed E-state index contributed by atoms with van der Waals surface area (Å²) in [6.07, 6.45) is 2.32. The molecule has 27 heavy (non-hydrogen) atoms. The van der Waals surface area contributed by atoms with Crippen LogP contribution in [0.1, 0.15) is 40.0 Å². The fourth-order valence-corrected chi connectivity index (χ4v) is 2.39. The lowest BCUT2D eigenvalue weighted by atomic mass is 10.1. The first kappa shape index (κ1) is 18.6. The van der Waals surface area contributed by atoms with Gasteiger partial charge < -0.3 is 28.4 Å². The van der Waals surface area contributed by atoms with E-state index in [4.69, 9.17) is 28.4 Å². The molecule has 0 radical (unpaired) electrons. The monoisotopic (exact) mass is 381 g/mol. The molecule has 3 aliphatic rings. The van der Waals surface area contributed by atoms with E-state index in [0.717, 1.165) is 39.1 Å². The van der Waals surface area contributed by atoms with Crippen molar-refractivity contribution in [2.75, 3.05) is 39.6 Å². The number of hydrogen-bond acceptors (Lipinski definition) is 9. The minimum atomic E-state index is -0.0783. The molecule has 0 spiro atoms. The molecule has 1 aromatic rings. The smallest absolute Gasteiger partial charge is 0.325 e. The van der Waals surface area contributed by atoms with Gasteiger partial charge in [0.1, 0.15) is 0 Å². The number of aromatic nitrogens is 3. The van der Waals surface area contributed by atoms with E-state index < -0.39 is 0 Å². The molecule has 0 aromatic carbocycles. The highest BCUT2D eigenvalue weighted by molar-refractivity contribution is 5.09. The number of rotatable bonds is 12. The van der Waals surface area contributed by atoms with Gasteiger partial charge in [0.15, 0.2) is 0 Å². The number of hydrogen-bond donors (Lipinski definition) is 0. The van der Waals surface area contributed by atoms with E-state index in [-0.39, 0.29) is 34.8 Å². The standard InChI is InChI=1S/C18H27N3O6/c1-16(10-25-16)4-7-22-13-19-14(23-8-5-17(2)11-26-17)21-15(20-13)24-9-6-18(3)12-27-18/h4-12H2,1-3H3. The topological polar surface area (TPSA) is 104 Å². The van der Waals surface area contributed by atoms with Crippen molar-refractivity contribution in [1.82, 2.24) is 15.0 Å². The first-order valence-corrected chi connectivity index (χ1v) is 9.42. The van der Waals surface area contributed by atoms with Crippen LogP contribution < -0.4 is 14.2 Å². The zero-order chi connectivity index (χ0) is 19.0. The molecule has 4 rings (SSSR count). The van der Waals surface area contributed by atoms with E-state index in [1.54, 1.807) is 0 Å². The zero-order valence-corrected chi connectivity index (χ0v) is 16.2. The molecule has 3 atom stereocenters. The first-order valence-electron chi connectivity index (χ1n) is 9.42. The van der Waals surface area contributed by atoms with Crippen LogP contribution in [0, 0.1) is 0 Å². The van der Waals surface area contributed by atoms with E-state index in [2.05, 4.69) is 15.0 Å². The lowest BCUT2D eigenvalue weighted by molar-refractivity contribution is 0.195. The molecule has 0 saturated carbocycles. The summed E-state index contributed by atoms with van der Waals surface area (Å²) < 4.78 is 33.1. The second-order valence-electron chi connectivity index (χ2n) is 8.19. The molecule has 0 N–H and O–H groups in total. The summed E-state index contributed by atoms with van der Waals surface area (Å²) in [6.45, 7) is 9.80. The quantitative estimate of drug-likeness (QED) is 0.499. The molecule has 3 saturated heterocycles. The molecule has 3 unspecified atom stereocenters. The summed E-state index contributed by atoms with van der Waals surface area (Å²) in [7, 11) is 0. The van der Waals surface area contributed by atoms with E-state index >= 15 is 0 Å². The van der Waals surface area contributed by atoms with Crippen LogP contribution in [0.5, 0.6) is 18.0 Å². The van der Waals surface area contributed by atoms with Crippen molar-refractivity contribution in [2.45, 2.75) is 56.8 Å². The lowest BCUT2D eigenvalue weighted by Gasteiger charge is -2.11. The van der Waals surface area contributed by atoms with Crippen molar-refractivity contribution in [3.05, 3.63) is 0 Å². The Labute approximate surface area is 158 Å². The predicted octanol–water partition coefficient (Wildman–Crippen LogP) is 1.54. The number of nitrogens with zero attached hydrogens (tertiary/aromatic N) is 3. The Bertz CT molecular complexity index is 570. The third-order valence-electron chi connectivity index (χ3n) is 5.07. The summed E-state index contributed by atoms with van der Waals surface area (Å²) in [4.78, 5) is 12.7. The van der Waals surface area contributed by atoms with Crippen LogP contribution in [0.25, 0.3) is 0 Å². The highest BCUT2D eigenvalue weighted by Gasteiger charge is 2.40. The Hall–Kier alpha value is -1.71. The maximum Gasteiger partial charge on any atom is 0.325 e. The average Bonchev–Trinajstić information content (AvgIpc) is 3.54. The second kappa shape index (κ2) is 7.03. The van der Waals surface area contributed by atoms with Crippen molar-refractivity contribution in [3.8, 4) is 18.0 Å². The minimum absolute atomic E-state index is 0.0783. The van der Waals surface area contributed by atoms with Gasteiger partial charge in [0.2, 0.25) is 0 Å². The van der Waals surface area contributed by atoms with Crippen LogP contribution >= 0.6 is 0 Å². The fourth-order valence-electron chi connectivity index (χ4n) is 2.39. The van der Waals surface area contributed by atoms with Gasteiger partial charge in [0.25, 0.3) is 0 Å². The van der Waals surface area contributed by atoms with Crippen molar-refractivity contribution in [1.29, 1.82) is 0 Å². The van der Waals surface area contributed by atoms with Gasteiger partial charge in [-0.2, -0.15) is 0 Å². The second-order valence-corrected chi connectivity index (χ2v) is 8.19. The predicted molar refractivity (Wildman–Crippen MR) is 93.2 cm³/mol. The molecule has 4 heterocycles. The number of epoxide rings is 3. The summed E-state index contributed by atoms with van der Waals surface area (Å²) in [5.74, 6) is 0. The van der Waals surface area contributed by atoms with E-state index in [1.807, 2.05) is 20.8 Å². The Morgan fingerprint density at radius 3 is 1.11 bits per heavy atom. The van der Waals surface area contributed by atoms with Gasteiger partial charge in [0.05, 0.1) is 56.4 Å². The van der Waals surface area contributed by atoms with Crippen LogP contribution in [-0.4, -0.2) is 71.4 Å². The van der Waals surface area contributed by atoms with Gasteiger partial charge in [-0.05, 0) is 20.8 Å². The normalized spacial score (nSPS) is 33.4. The molecule has 9 heteroatoms. The van der Waals surface area contributed by atoms with E-state index in [1.165, 1.54) is 0 Å². The van der Waals surface area contributed by atoms with Crippen molar-refractivity contribution < 1.29 is 28.4 Å². The summed E-state index contributed by atoms with van der Waals surface area (Å²) in [6, 6.07) is 0.589. The van der Waals surface area contributed by atoms with Crippen LogP contribution in [0.3, 0.4) is 0 Å². The van der Waals surface area contributed by atoms with Gasteiger partial charge in [-0.25, -0.2) is 0 Å². The third kappa shape index (κ3) is 5.63. The maximum atomic E-state index is 5.67. The molecule has 0 aliphatic carbocycles. The molecule has 3 aliphatic heterocycles. The van der Waals surface area contributed by atoms with Gasteiger partial charge in [0, 0.05) is 19.3 Å². The molecule has 0 amide bonds. The van der Waals surface area contributed by atoms with Gasteiger partial charge >= 0.3 is 18.0 Å². The first-order chi connectivity index (χ1) is 12.9. The third-order valence-corrected chi connectivity index (χ3v) is 5.07. The number of ether oxygens (including phenoxy) is 6. The van der Waals surface area contributed by atoms with Crippen molar-refractivity contribution in [3.63, 3.8) is 0 Å². The summed E-state index contributed by atoms with van der Waals surface area (Å²) in [5.41, 5.74) is -0.235. The van der Waals surface area contributed by atoms with E-state index in [9.17, 15) is 0 Å². The van der Waals surface area contributed by atoms with Crippen LogP contribution in [-0.2, 0) is 14.2 Å². The Morgan fingerprint density at radius 2 is 0.889 bits per heavy atom. The average molecular weight is 381 g/mol. The van der Waals surface area contributed by atoms with Crippen molar-refractivity contribution in [2.24, 2.45) is 0 Å². The summed E-state index contributed by atoms with van der Waals surface area (Å²) in [5, 5.41) is 0. The van der Waals surface area contributed by atoms with Gasteiger partial charge in [-0.1, -0.05) is 0 Å². The van der Waals surface area contributed by atoms with Crippen LogP contribution in [0.2, 0.25) is 0 Å². The summed E-state index contributed by atoms with van der Waals surface area (Å²) >= 11 is 0. The van der Waals surface area contributed by atoms with Gasteiger partial charge in [-0.15, -0.1) is 15.0 Å². The molecular weight excluding hydrogens is 354 g/mol. The largest absolute Gasteiger partial charge is 0.463 e. The molecule has 3 fully saturated rings. The molecular formula is C18H27N3O6. The maximum absolute atomic E-state index is 5.67. The van der Waals surface area contributed by atoms with Crippen LogP contribution in [0.15, 0.2) is 0 Å². The zero-order valence-electron chi connectivity index (χ0n) is 16.2. The molecule has 9 nitrogen and oxygen atoms in total. The molecule has 1 aromatic heterocycles. The molecule has 0 bridgehead atoms. The Balaban J connectivity index is 1.33. The Morgan fingerprint density at radius 1 is 0.630 bits per heavy atom. The minimum Gasteiger partial charge on any atom is -0.463 e. The fraction of sp³-hybridized carbons (Fsp3) is 0.833. The van der Waals surface area contributed by atoms with Crippen LogP contribution in [0.4, 0.5) is 0 Å². The molecule has 150 valence electrons. The Kier molecular flexibility index (Phi) is 4.85. The highest BCUT2D eigenvalue weighted by atomic mass is 16.6. The lowest BCUT2D eigenvalue weighted by Crippen LogP contribution is -2.16. The van der Waals surface area contributed by atoms with Crippen molar-refractivity contribution >= 4 is 0 Å².